The van der Waals surface area contributed by atoms with Gasteiger partial charge in [-0.25, -0.2) is 4.98 Å². The van der Waals surface area contributed by atoms with Crippen molar-refractivity contribution < 1.29 is 19.1 Å². The molecular formula is C24H26N4O4S. The Kier molecular flexibility index (Phi) is 6.07. The van der Waals surface area contributed by atoms with Crippen LogP contribution in [0.3, 0.4) is 0 Å². The predicted molar refractivity (Wildman–Crippen MR) is 130 cm³/mol. The molecule has 3 amide bonds. The Morgan fingerprint density at radius 2 is 1.91 bits per heavy atom. The van der Waals surface area contributed by atoms with Crippen molar-refractivity contribution in [2.24, 2.45) is 0 Å². The normalized spacial score (nSPS) is 13.5. The fourth-order valence-electron chi connectivity index (χ4n) is 3.45. The highest BCUT2D eigenvalue weighted by Crippen LogP contribution is 2.36. The average molecular weight is 467 g/mol. The topological polar surface area (TPSA) is 101 Å². The summed E-state index contributed by atoms with van der Waals surface area (Å²) in [6, 6.07) is 11.1. The molecule has 33 heavy (non-hydrogen) atoms. The van der Waals surface area contributed by atoms with E-state index in [9.17, 15) is 14.4 Å². The lowest BCUT2D eigenvalue weighted by Crippen LogP contribution is -2.43. The summed E-state index contributed by atoms with van der Waals surface area (Å²) in [5.41, 5.74) is 2.77. The Balaban J connectivity index is 1.51. The van der Waals surface area contributed by atoms with E-state index in [0.717, 1.165) is 10.3 Å². The van der Waals surface area contributed by atoms with Crippen molar-refractivity contribution >= 4 is 55.8 Å². The fourth-order valence-corrected chi connectivity index (χ4v) is 4.31. The smallest absolute Gasteiger partial charge is 0.265 e. The summed E-state index contributed by atoms with van der Waals surface area (Å²) in [6.07, 6.45) is 0.373. The monoisotopic (exact) mass is 466 g/mol. The van der Waals surface area contributed by atoms with Crippen LogP contribution in [0.15, 0.2) is 36.4 Å². The second-order valence-corrected chi connectivity index (χ2v) is 9.88. The van der Waals surface area contributed by atoms with Crippen molar-refractivity contribution in [1.82, 2.24) is 4.98 Å². The van der Waals surface area contributed by atoms with Gasteiger partial charge < -0.3 is 15.4 Å². The summed E-state index contributed by atoms with van der Waals surface area (Å²) in [5.74, 6) is -0.116. The van der Waals surface area contributed by atoms with Crippen LogP contribution in [0.1, 0.15) is 39.7 Å². The zero-order valence-corrected chi connectivity index (χ0v) is 19.8. The van der Waals surface area contributed by atoms with Crippen molar-refractivity contribution in [3.8, 4) is 5.75 Å². The lowest BCUT2D eigenvalue weighted by molar-refractivity contribution is -0.123. The number of nitrogens with zero attached hydrogens (tertiary/aromatic N) is 2. The average Bonchev–Trinajstić information content (AvgIpc) is 3.16. The maximum Gasteiger partial charge on any atom is 0.265 e. The Bertz CT molecular complexity index is 1240. The highest BCUT2D eigenvalue weighted by atomic mass is 32.1. The van der Waals surface area contributed by atoms with Gasteiger partial charge in [-0.2, -0.15) is 0 Å². The maximum atomic E-state index is 12.8. The third-order valence-corrected chi connectivity index (χ3v) is 6.26. The molecule has 2 N–H and O–H groups in total. The van der Waals surface area contributed by atoms with Crippen LogP contribution in [0, 0.1) is 0 Å². The van der Waals surface area contributed by atoms with Gasteiger partial charge in [-0.3, -0.25) is 19.3 Å². The number of hydrogen-bond acceptors (Lipinski definition) is 6. The third kappa shape index (κ3) is 4.98. The van der Waals surface area contributed by atoms with Gasteiger partial charge in [0.15, 0.2) is 11.7 Å². The summed E-state index contributed by atoms with van der Waals surface area (Å²) in [7, 11) is 0. The number of carbonyl (C=O) groups is 3. The molecule has 172 valence electrons. The minimum atomic E-state index is -0.327. The number of ether oxygens (including phenoxy) is 1. The molecule has 9 heteroatoms. The van der Waals surface area contributed by atoms with E-state index in [-0.39, 0.29) is 36.3 Å². The second-order valence-electron chi connectivity index (χ2n) is 8.85. The molecule has 4 rings (SSSR count). The van der Waals surface area contributed by atoms with Crippen LogP contribution in [-0.2, 0) is 19.8 Å². The lowest BCUT2D eigenvalue weighted by atomic mass is 9.86. The molecule has 0 atom stereocenters. The van der Waals surface area contributed by atoms with Crippen LogP contribution >= 0.6 is 11.3 Å². The molecule has 3 aromatic rings. The van der Waals surface area contributed by atoms with Gasteiger partial charge in [-0.1, -0.05) is 45.1 Å². The predicted octanol–water partition coefficient (Wildman–Crippen LogP) is 4.31. The summed E-state index contributed by atoms with van der Waals surface area (Å²) >= 11 is 1.37. The molecule has 2 aromatic carbocycles. The molecule has 1 aliphatic rings. The number of carbonyl (C=O) groups excluding carboxylic acids is 3. The Morgan fingerprint density at radius 3 is 2.64 bits per heavy atom. The van der Waals surface area contributed by atoms with Gasteiger partial charge in [-0.15, -0.1) is 0 Å². The quantitative estimate of drug-likeness (QED) is 0.584. The molecule has 8 nitrogen and oxygen atoms in total. The minimum absolute atomic E-state index is 0.104. The van der Waals surface area contributed by atoms with Crippen LogP contribution in [0.4, 0.5) is 16.5 Å². The Hall–Kier alpha value is -3.46. The largest absolute Gasteiger partial charge is 0.482 e. The molecule has 0 unspecified atom stereocenters. The van der Waals surface area contributed by atoms with Crippen molar-refractivity contribution in [1.29, 1.82) is 0 Å². The van der Waals surface area contributed by atoms with E-state index in [1.807, 2.05) is 24.3 Å². The maximum absolute atomic E-state index is 12.8. The molecule has 1 aliphatic heterocycles. The van der Waals surface area contributed by atoms with Gasteiger partial charge in [0.1, 0.15) is 12.3 Å². The number of thiazole rings is 1. The van der Waals surface area contributed by atoms with Crippen LogP contribution in [0.5, 0.6) is 5.75 Å². The molecule has 0 radical (unpaired) electrons. The van der Waals surface area contributed by atoms with Crippen molar-refractivity contribution in [3.63, 3.8) is 0 Å². The first-order chi connectivity index (χ1) is 15.6. The number of rotatable bonds is 5. The Morgan fingerprint density at radius 1 is 1.12 bits per heavy atom. The van der Waals surface area contributed by atoms with E-state index in [4.69, 9.17) is 4.74 Å². The van der Waals surface area contributed by atoms with Crippen LogP contribution < -0.4 is 20.3 Å². The van der Waals surface area contributed by atoms with Crippen LogP contribution in [-0.4, -0.2) is 35.9 Å². The van der Waals surface area contributed by atoms with Crippen molar-refractivity contribution in [2.45, 2.75) is 39.5 Å². The summed E-state index contributed by atoms with van der Waals surface area (Å²) < 4.78 is 6.45. The van der Waals surface area contributed by atoms with Crippen LogP contribution in [0.2, 0.25) is 0 Å². The molecule has 0 fully saturated rings. The van der Waals surface area contributed by atoms with E-state index in [1.54, 1.807) is 19.1 Å². The van der Waals surface area contributed by atoms with Gasteiger partial charge in [0.25, 0.3) is 5.91 Å². The number of amides is 3. The van der Waals surface area contributed by atoms with Gasteiger partial charge in [0.05, 0.1) is 15.9 Å². The van der Waals surface area contributed by atoms with Gasteiger partial charge in [0, 0.05) is 12.1 Å². The zero-order valence-electron chi connectivity index (χ0n) is 19.0. The van der Waals surface area contributed by atoms with Gasteiger partial charge in [0.2, 0.25) is 11.8 Å². The number of fused-ring (bicyclic) bond motifs is 2. The van der Waals surface area contributed by atoms with Crippen LogP contribution in [0.25, 0.3) is 10.2 Å². The summed E-state index contributed by atoms with van der Waals surface area (Å²) in [6.45, 7) is 7.81. The molecule has 0 aliphatic carbocycles. The van der Waals surface area contributed by atoms with Crippen molar-refractivity contribution in [2.75, 3.05) is 28.7 Å². The highest BCUT2D eigenvalue weighted by Gasteiger charge is 2.29. The van der Waals surface area contributed by atoms with E-state index in [1.165, 1.54) is 16.2 Å². The standard InChI is InChI=1S/C24H26N4O4S/c1-5-20(29)27-23-26-16-11-15(7-9-19(16)33-23)25-21(30)12-28-17-10-14(24(2,3)4)6-8-18(17)32-13-22(28)31/h6-11H,5,12-13H2,1-4H3,(H,25,30)(H,26,27,29). The first kappa shape index (κ1) is 22.7. The number of nitrogens with one attached hydrogen (secondary N) is 2. The van der Waals surface area contributed by atoms with E-state index >= 15 is 0 Å². The molecule has 0 bridgehead atoms. The number of aromatic nitrogens is 1. The van der Waals surface area contributed by atoms with E-state index in [0.29, 0.717) is 34.2 Å². The SMILES string of the molecule is CCC(=O)Nc1nc2cc(NC(=O)CN3C(=O)COc4ccc(C(C)(C)C)cc43)ccc2s1. The number of benzene rings is 2. The number of hydrogen-bond donors (Lipinski definition) is 2. The minimum Gasteiger partial charge on any atom is -0.482 e. The fraction of sp³-hybridized carbons (Fsp3) is 0.333. The van der Waals surface area contributed by atoms with Gasteiger partial charge in [-0.05, 0) is 41.3 Å². The summed E-state index contributed by atoms with van der Waals surface area (Å²) in [4.78, 5) is 42.9. The van der Waals surface area contributed by atoms with E-state index in [2.05, 4.69) is 36.4 Å². The summed E-state index contributed by atoms with van der Waals surface area (Å²) in [5, 5.41) is 6.11. The molecule has 2 heterocycles. The first-order valence-electron chi connectivity index (χ1n) is 10.7. The zero-order chi connectivity index (χ0) is 23.8. The Labute approximate surface area is 195 Å². The third-order valence-electron chi connectivity index (χ3n) is 5.31. The number of anilines is 3. The first-order valence-corrected chi connectivity index (χ1v) is 11.5. The molecule has 0 saturated carbocycles. The van der Waals surface area contributed by atoms with Gasteiger partial charge >= 0.3 is 0 Å². The molecular weight excluding hydrogens is 440 g/mol. The highest BCUT2D eigenvalue weighted by molar-refractivity contribution is 7.22. The lowest BCUT2D eigenvalue weighted by Gasteiger charge is -2.31. The second kappa shape index (κ2) is 8.82. The van der Waals surface area contributed by atoms with E-state index < -0.39 is 0 Å². The molecule has 0 saturated heterocycles. The molecule has 1 aromatic heterocycles. The molecule has 0 spiro atoms. The van der Waals surface area contributed by atoms with Crippen molar-refractivity contribution in [3.05, 3.63) is 42.0 Å².